The van der Waals surface area contributed by atoms with E-state index in [9.17, 15) is 13.2 Å². The summed E-state index contributed by atoms with van der Waals surface area (Å²) in [5.74, 6) is -0.524. The summed E-state index contributed by atoms with van der Waals surface area (Å²) in [6, 6.07) is 3.39. The SMILES string of the molecule is Cc1ccc(F)c([C@@H](N)CC(F)F)c1. The lowest BCUT2D eigenvalue weighted by Gasteiger charge is -2.12. The third-order valence-corrected chi connectivity index (χ3v) is 1.98. The molecule has 0 aliphatic rings. The summed E-state index contributed by atoms with van der Waals surface area (Å²) in [6.45, 7) is 1.76. The van der Waals surface area contributed by atoms with Gasteiger partial charge in [0.1, 0.15) is 5.82 Å². The number of hydrogen-bond donors (Lipinski definition) is 1. The summed E-state index contributed by atoms with van der Waals surface area (Å²) in [5, 5.41) is 0. The van der Waals surface area contributed by atoms with E-state index in [1.807, 2.05) is 0 Å². The number of nitrogens with two attached hydrogens (primary N) is 1. The van der Waals surface area contributed by atoms with Crippen molar-refractivity contribution in [2.24, 2.45) is 5.73 Å². The molecule has 2 N–H and O–H groups in total. The first-order chi connectivity index (χ1) is 6.50. The Bertz CT molecular complexity index is 312. The second kappa shape index (κ2) is 4.46. The Morgan fingerprint density at radius 3 is 2.57 bits per heavy atom. The average molecular weight is 203 g/mol. The van der Waals surface area contributed by atoms with Crippen LogP contribution in [-0.2, 0) is 0 Å². The maximum atomic E-state index is 13.1. The predicted molar refractivity (Wildman–Crippen MR) is 48.7 cm³/mol. The molecule has 1 nitrogen and oxygen atoms in total. The Morgan fingerprint density at radius 1 is 1.36 bits per heavy atom. The van der Waals surface area contributed by atoms with E-state index in [1.165, 1.54) is 12.1 Å². The minimum absolute atomic E-state index is 0.158. The van der Waals surface area contributed by atoms with Gasteiger partial charge in [-0.05, 0) is 13.0 Å². The van der Waals surface area contributed by atoms with Crippen molar-refractivity contribution in [2.45, 2.75) is 25.8 Å². The van der Waals surface area contributed by atoms with E-state index in [-0.39, 0.29) is 5.56 Å². The highest BCUT2D eigenvalue weighted by molar-refractivity contribution is 5.26. The van der Waals surface area contributed by atoms with Crippen molar-refractivity contribution in [2.75, 3.05) is 0 Å². The molecule has 1 aromatic rings. The van der Waals surface area contributed by atoms with Crippen molar-refractivity contribution >= 4 is 0 Å². The predicted octanol–water partition coefficient (Wildman–Crippen LogP) is 2.79. The van der Waals surface area contributed by atoms with Gasteiger partial charge in [-0.25, -0.2) is 13.2 Å². The van der Waals surface area contributed by atoms with Crippen molar-refractivity contribution in [3.63, 3.8) is 0 Å². The fourth-order valence-electron chi connectivity index (χ4n) is 1.27. The van der Waals surface area contributed by atoms with Crippen LogP contribution in [0.5, 0.6) is 0 Å². The molecule has 0 spiro atoms. The van der Waals surface area contributed by atoms with Gasteiger partial charge in [0.05, 0.1) is 0 Å². The van der Waals surface area contributed by atoms with Gasteiger partial charge < -0.3 is 5.73 Å². The number of aryl methyl sites for hydroxylation is 1. The summed E-state index contributed by atoms with van der Waals surface area (Å²) < 4.78 is 37.1. The Balaban J connectivity index is 2.88. The van der Waals surface area contributed by atoms with Crippen LogP contribution in [0.4, 0.5) is 13.2 Å². The molecule has 0 saturated carbocycles. The van der Waals surface area contributed by atoms with Gasteiger partial charge >= 0.3 is 0 Å². The fourth-order valence-corrected chi connectivity index (χ4v) is 1.27. The van der Waals surface area contributed by atoms with Crippen molar-refractivity contribution < 1.29 is 13.2 Å². The van der Waals surface area contributed by atoms with Gasteiger partial charge in [0.15, 0.2) is 0 Å². The second-order valence-electron chi connectivity index (χ2n) is 3.26. The number of hydrogen-bond acceptors (Lipinski definition) is 1. The molecule has 14 heavy (non-hydrogen) atoms. The third kappa shape index (κ3) is 2.73. The number of rotatable bonds is 3. The molecule has 0 saturated heterocycles. The number of alkyl halides is 2. The summed E-state index contributed by atoms with van der Waals surface area (Å²) >= 11 is 0. The molecule has 0 bridgehead atoms. The first-order valence-corrected chi connectivity index (χ1v) is 4.30. The van der Waals surface area contributed by atoms with E-state index < -0.39 is 24.7 Å². The highest BCUT2D eigenvalue weighted by Crippen LogP contribution is 2.21. The van der Waals surface area contributed by atoms with Gasteiger partial charge in [0, 0.05) is 18.0 Å². The quantitative estimate of drug-likeness (QED) is 0.803. The molecule has 0 amide bonds. The molecule has 78 valence electrons. The first kappa shape index (κ1) is 11.0. The highest BCUT2D eigenvalue weighted by atomic mass is 19.3. The van der Waals surface area contributed by atoms with Crippen LogP contribution in [0.2, 0.25) is 0 Å². The molecular formula is C10H12F3N. The van der Waals surface area contributed by atoms with Gasteiger partial charge in [-0.2, -0.15) is 0 Å². The van der Waals surface area contributed by atoms with Gasteiger partial charge in [-0.15, -0.1) is 0 Å². The summed E-state index contributed by atoms with van der Waals surface area (Å²) in [6.07, 6.45) is -3.02. The largest absolute Gasteiger partial charge is 0.324 e. The Morgan fingerprint density at radius 2 is 2.00 bits per heavy atom. The van der Waals surface area contributed by atoms with Gasteiger partial charge in [0.25, 0.3) is 0 Å². The molecule has 1 atom stereocenters. The molecule has 1 aromatic carbocycles. The highest BCUT2D eigenvalue weighted by Gasteiger charge is 2.16. The summed E-state index contributed by atoms with van der Waals surface area (Å²) in [7, 11) is 0. The van der Waals surface area contributed by atoms with Crippen molar-refractivity contribution in [1.29, 1.82) is 0 Å². The Hall–Kier alpha value is -1.03. The molecule has 0 radical (unpaired) electrons. The molecule has 1 rings (SSSR count). The van der Waals surface area contributed by atoms with Crippen LogP contribution < -0.4 is 5.73 Å². The molecule has 0 aliphatic heterocycles. The van der Waals surface area contributed by atoms with Crippen LogP contribution in [0, 0.1) is 12.7 Å². The molecule has 0 unspecified atom stereocenters. The van der Waals surface area contributed by atoms with E-state index >= 15 is 0 Å². The topological polar surface area (TPSA) is 26.0 Å². The maximum absolute atomic E-state index is 13.1. The van der Waals surface area contributed by atoms with Crippen LogP contribution >= 0.6 is 0 Å². The van der Waals surface area contributed by atoms with Crippen molar-refractivity contribution in [1.82, 2.24) is 0 Å². The standard InChI is InChI=1S/C10H12F3N/c1-6-2-3-8(11)7(4-6)9(14)5-10(12)13/h2-4,9-10H,5,14H2,1H3/t9-/m0/s1. The van der Waals surface area contributed by atoms with E-state index in [0.717, 1.165) is 5.56 Å². The maximum Gasteiger partial charge on any atom is 0.240 e. The number of benzene rings is 1. The molecule has 0 heterocycles. The van der Waals surface area contributed by atoms with E-state index in [4.69, 9.17) is 5.73 Å². The smallest absolute Gasteiger partial charge is 0.240 e. The van der Waals surface area contributed by atoms with Crippen molar-refractivity contribution in [3.05, 3.63) is 35.1 Å². The van der Waals surface area contributed by atoms with Gasteiger partial charge in [0.2, 0.25) is 6.43 Å². The summed E-state index contributed by atoms with van der Waals surface area (Å²) in [4.78, 5) is 0. The van der Waals surface area contributed by atoms with Crippen LogP contribution in [0.15, 0.2) is 18.2 Å². The zero-order valence-electron chi connectivity index (χ0n) is 7.81. The average Bonchev–Trinajstić information content (AvgIpc) is 2.08. The minimum atomic E-state index is -2.51. The van der Waals surface area contributed by atoms with E-state index in [1.54, 1.807) is 13.0 Å². The Kier molecular flexibility index (Phi) is 3.52. The van der Waals surface area contributed by atoms with E-state index in [0.29, 0.717) is 0 Å². The normalized spacial score (nSPS) is 13.3. The lowest BCUT2D eigenvalue weighted by Crippen LogP contribution is -2.15. The van der Waals surface area contributed by atoms with Gasteiger partial charge in [-0.1, -0.05) is 17.7 Å². The fraction of sp³-hybridized carbons (Fsp3) is 0.400. The molecule has 0 aromatic heterocycles. The lowest BCUT2D eigenvalue weighted by molar-refractivity contribution is 0.128. The van der Waals surface area contributed by atoms with E-state index in [2.05, 4.69) is 0 Å². The molecule has 0 aliphatic carbocycles. The van der Waals surface area contributed by atoms with Crippen LogP contribution in [0.25, 0.3) is 0 Å². The Labute approximate surface area is 80.7 Å². The zero-order chi connectivity index (χ0) is 10.7. The monoisotopic (exact) mass is 203 g/mol. The molecule has 0 fully saturated rings. The molecular weight excluding hydrogens is 191 g/mol. The minimum Gasteiger partial charge on any atom is -0.324 e. The second-order valence-corrected chi connectivity index (χ2v) is 3.26. The van der Waals surface area contributed by atoms with Crippen LogP contribution in [0.1, 0.15) is 23.6 Å². The van der Waals surface area contributed by atoms with Crippen molar-refractivity contribution in [3.8, 4) is 0 Å². The molecule has 4 heteroatoms. The lowest BCUT2D eigenvalue weighted by atomic mass is 10.0. The zero-order valence-corrected chi connectivity index (χ0v) is 7.81. The summed E-state index contributed by atoms with van der Waals surface area (Å²) in [5.41, 5.74) is 6.41. The number of halogens is 3. The van der Waals surface area contributed by atoms with Crippen LogP contribution in [-0.4, -0.2) is 6.43 Å². The van der Waals surface area contributed by atoms with Crippen LogP contribution in [0.3, 0.4) is 0 Å². The van der Waals surface area contributed by atoms with Gasteiger partial charge in [-0.3, -0.25) is 0 Å². The third-order valence-electron chi connectivity index (χ3n) is 1.98. The first-order valence-electron chi connectivity index (χ1n) is 4.30.